The first-order valence-electron chi connectivity index (χ1n) is 11.4. The summed E-state index contributed by atoms with van der Waals surface area (Å²) in [6, 6.07) is 18.0. The number of phenolic OH excluding ortho intramolecular Hbond substituents is 1. The van der Waals surface area contributed by atoms with Gasteiger partial charge in [0.2, 0.25) is 5.89 Å². The molecule has 3 aromatic carbocycles. The van der Waals surface area contributed by atoms with E-state index in [-0.39, 0.29) is 46.4 Å². The van der Waals surface area contributed by atoms with Gasteiger partial charge in [-0.3, -0.25) is 4.79 Å². The molecule has 0 saturated carbocycles. The van der Waals surface area contributed by atoms with Gasteiger partial charge in [0.05, 0.1) is 12.6 Å². The quantitative estimate of drug-likeness (QED) is 0.281. The number of alkyl halides is 3. The van der Waals surface area contributed by atoms with Gasteiger partial charge in [0.15, 0.2) is 11.5 Å². The molecule has 0 bridgehead atoms. The van der Waals surface area contributed by atoms with Gasteiger partial charge >= 0.3 is 6.18 Å². The van der Waals surface area contributed by atoms with E-state index in [2.05, 4.69) is 15.3 Å². The average molecular weight is 506 g/mol. The molecular weight excluding hydrogens is 485 g/mol. The summed E-state index contributed by atoms with van der Waals surface area (Å²) in [6.45, 7) is 1.70. The van der Waals surface area contributed by atoms with Gasteiger partial charge < -0.3 is 20.6 Å². The molecule has 0 aliphatic carbocycles. The fourth-order valence-electron chi connectivity index (χ4n) is 4.16. The first kappa shape index (κ1) is 24.3. The average Bonchev–Trinajstić information content (AvgIpc) is 3.32. The summed E-state index contributed by atoms with van der Waals surface area (Å²) in [4.78, 5) is 21.0. The van der Waals surface area contributed by atoms with Crippen LogP contribution in [-0.2, 0) is 12.7 Å². The van der Waals surface area contributed by atoms with Crippen LogP contribution in [0.3, 0.4) is 0 Å². The topological polar surface area (TPSA) is 114 Å². The molecule has 0 saturated heterocycles. The molecule has 0 fully saturated rings. The van der Waals surface area contributed by atoms with Crippen molar-refractivity contribution in [3.63, 3.8) is 0 Å². The second kappa shape index (κ2) is 9.21. The lowest BCUT2D eigenvalue weighted by atomic mass is 10.0. The van der Waals surface area contributed by atoms with E-state index in [0.717, 1.165) is 22.4 Å². The lowest BCUT2D eigenvalue weighted by Crippen LogP contribution is -2.28. The molecule has 7 nitrogen and oxygen atoms in total. The van der Waals surface area contributed by atoms with Crippen molar-refractivity contribution in [2.75, 3.05) is 0 Å². The Kier molecular flexibility index (Phi) is 6.04. The molecule has 4 N–H and O–H groups in total. The van der Waals surface area contributed by atoms with Gasteiger partial charge in [0, 0.05) is 10.9 Å². The standard InChI is InChI=1S/C27H21F3N4O3/c1-14(16-7-6-15-4-2-3-5-17(15)12-16)32-25(36)24-21(13-31)37-26(34-24)19-8-10-20(35)23-18(19)9-11-22(33-23)27(28,29)30/h2-12,14,35H,13,31H2,1H3,(H,32,36)/t14-/m1/s1. The highest BCUT2D eigenvalue weighted by Gasteiger charge is 2.33. The third-order valence-corrected chi connectivity index (χ3v) is 6.08. The first-order chi connectivity index (χ1) is 17.7. The predicted molar refractivity (Wildman–Crippen MR) is 132 cm³/mol. The van der Waals surface area contributed by atoms with Crippen molar-refractivity contribution in [2.45, 2.75) is 25.7 Å². The number of carbonyl (C=O) groups excluding carboxylic acids is 1. The minimum atomic E-state index is -4.68. The number of aromatic nitrogens is 2. The number of hydrogen-bond donors (Lipinski definition) is 3. The van der Waals surface area contributed by atoms with E-state index in [9.17, 15) is 23.1 Å². The molecule has 1 atom stereocenters. The van der Waals surface area contributed by atoms with E-state index in [4.69, 9.17) is 10.2 Å². The SMILES string of the molecule is C[C@@H](NC(=O)c1nc(-c2ccc(O)c3nc(C(F)(F)F)ccc23)oc1CN)c1ccc2ccccc2c1. The fraction of sp³-hybridized carbons (Fsp3) is 0.148. The summed E-state index contributed by atoms with van der Waals surface area (Å²) in [5.74, 6) is -0.871. The van der Waals surface area contributed by atoms with E-state index in [0.29, 0.717) is 0 Å². The van der Waals surface area contributed by atoms with Gasteiger partial charge in [-0.2, -0.15) is 13.2 Å². The zero-order valence-electron chi connectivity index (χ0n) is 19.5. The van der Waals surface area contributed by atoms with Crippen molar-refractivity contribution in [3.8, 4) is 17.2 Å². The maximum absolute atomic E-state index is 13.1. The second-order valence-corrected chi connectivity index (χ2v) is 8.52. The zero-order chi connectivity index (χ0) is 26.3. The predicted octanol–water partition coefficient (Wildman–Crippen LogP) is 5.72. The number of phenols is 1. The molecule has 1 amide bonds. The maximum atomic E-state index is 13.1. The lowest BCUT2D eigenvalue weighted by Gasteiger charge is -2.14. The molecule has 0 radical (unpaired) electrons. The number of halogens is 3. The Bertz CT molecular complexity index is 1650. The van der Waals surface area contributed by atoms with Crippen LogP contribution in [0.25, 0.3) is 33.1 Å². The van der Waals surface area contributed by atoms with Crippen LogP contribution in [0.2, 0.25) is 0 Å². The molecule has 5 rings (SSSR count). The Labute approximate surface area is 208 Å². The van der Waals surface area contributed by atoms with Gasteiger partial charge in [-0.1, -0.05) is 36.4 Å². The van der Waals surface area contributed by atoms with Gasteiger partial charge in [0.25, 0.3) is 5.91 Å². The number of oxazole rings is 1. The maximum Gasteiger partial charge on any atom is 0.433 e. The van der Waals surface area contributed by atoms with Crippen LogP contribution < -0.4 is 11.1 Å². The van der Waals surface area contributed by atoms with Crippen molar-refractivity contribution in [1.29, 1.82) is 0 Å². The highest BCUT2D eigenvalue weighted by Crippen LogP contribution is 2.36. The summed E-state index contributed by atoms with van der Waals surface area (Å²) < 4.78 is 45.1. The second-order valence-electron chi connectivity index (χ2n) is 8.52. The molecule has 188 valence electrons. The number of benzene rings is 3. The molecule has 0 aliphatic heterocycles. The Morgan fingerprint density at radius 1 is 1.05 bits per heavy atom. The number of nitrogens with two attached hydrogens (primary N) is 1. The summed E-state index contributed by atoms with van der Waals surface area (Å²) in [5, 5.41) is 15.3. The van der Waals surface area contributed by atoms with Crippen molar-refractivity contribution >= 4 is 27.6 Å². The lowest BCUT2D eigenvalue weighted by molar-refractivity contribution is -0.140. The van der Waals surface area contributed by atoms with Crippen LogP contribution in [0.5, 0.6) is 5.75 Å². The monoisotopic (exact) mass is 506 g/mol. The number of nitrogens with one attached hydrogen (secondary N) is 1. The molecule has 5 aromatic rings. The molecule has 0 spiro atoms. The number of aromatic hydroxyl groups is 1. The fourth-order valence-corrected chi connectivity index (χ4v) is 4.16. The van der Waals surface area contributed by atoms with Crippen LogP contribution in [0, 0.1) is 0 Å². The zero-order valence-corrected chi connectivity index (χ0v) is 19.5. The Hall–Kier alpha value is -4.44. The third kappa shape index (κ3) is 4.58. The van der Waals surface area contributed by atoms with Crippen LogP contribution >= 0.6 is 0 Å². The molecule has 2 heterocycles. The number of nitrogens with zero attached hydrogens (tertiary/aromatic N) is 2. The molecule has 2 aromatic heterocycles. The van der Waals surface area contributed by atoms with Crippen LogP contribution in [0.4, 0.5) is 13.2 Å². The number of fused-ring (bicyclic) bond motifs is 2. The summed E-state index contributed by atoms with van der Waals surface area (Å²) in [6.07, 6.45) is -4.68. The smallest absolute Gasteiger partial charge is 0.433 e. The van der Waals surface area contributed by atoms with Gasteiger partial charge in [0.1, 0.15) is 17.0 Å². The van der Waals surface area contributed by atoms with Crippen molar-refractivity contribution in [2.24, 2.45) is 5.73 Å². The van der Waals surface area contributed by atoms with E-state index in [1.807, 2.05) is 49.4 Å². The van der Waals surface area contributed by atoms with Gasteiger partial charge in [-0.05, 0) is 53.6 Å². The summed E-state index contributed by atoms with van der Waals surface area (Å²) >= 11 is 0. The van der Waals surface area contributed by atoms with E-state index < -0.39 is 23.5 Å². The van der Waals surface area contributed by atoms with Gasteiger partial charge in [-0.25, -0.2) is 9.97 Å². The van der Waals surface area contributed by atoms with Crippen molar-refractivity contribution in [1.82, 2.24) is 15.3 Å². The number of carbonyl (C=O) groups is 1. The summed E-state index contributed by atoms with van der Waals surface area (Å²) in [5.41, 5.74) is 5.49. The molecule has 0 aliphatic rings. The molecule has 10 heteroatoms. The largest absolute Gasteiger partial charge is 0.506 e. The highest BCUT2D eigenvalue weighted by atomic mass is 19.4. The highest BCUT2D eigenvalue weighted by molar-refractivity contribution is 5.98. The minimum absolute atomic E-state index is 0.0319. The van der Waals surface area contributed by atoms with Crippen LogP contribution in [0.15, 0.2) is 71.1 Å². The Morgan fingerprint density at radius 3 is 2.54 bits per heavy atom. The van der Waals surface area contributed by atoms with Crippen molar-refractivity contribution in [3.05, 3.63) is 89.4 Å². The van der Waals surface area contributed by atoms with Crippen LogP contribution in [0.1, 0.15) is 40.5 Å². The summed E-state index contributed by atoms with van der Waals surface area (Å²) in [7, 11) is 0. The van der Waals surface area contributed by atoms with Crippen LogP contribution in [-0.4, -0.2) is 21.0 Å². The third-order valence-electron chi connectivity index (χ3n) is 6.08. The minimum Gasteiger partial charge on any atom is -0.506 e. The van der Waals surface area contributed by atoms with E-state index >= 15 is 0 Å². The number of hydrogen-bond acceptors (Lipinski definition) is 6. The molecule has 37 heavy (non-hydrogen) atoms. The Balaban J connectivity index is 1.48. The van der Waals surface area contributed by atoms with E-state index in [1.54, 1.807) is 0 Å². The van der Waals surface area contributed by atoms with Crippen molar-refractivity contribution < 1.29 is 27.5 Å². The Morgan fingerprint density at radius 2 is 1.81 bits per heavy atom. The number of rotatable bonds is 5. The normalized spacial score (nSPS) is 12.7. The van der Waals surface area contributed by atoms with Gasteiger partial charge in [-0.15, -0.1) is 0 Å². The van der Waals surface area contributed by atoms with E-state index in [1.165, 1.54) is 18.2 Å². The molecule has 0 unspecified atom stereocenters. The number of pyridine rings is 1. The molecular formula is C27H21F3N4O3. The first-order valence-corrected chi connectivity index (χ1v) is 11.4. The number of amides is 1.